The summed E-state index contributed by atoms with van der Waals surface area (Å²) in [7, 11) is 1.11. The van der Waals surface area contributed by atoms with Gasteiger partial charge in [-0.2, -0.15) is 0 Å². The third kappa shape index (κ3) is 3.43. The van der Waals surface area contributed by atoms with Crippen LogP contribution in [0.1, 0.15) is 17.3 Å². The Kier molecular flexibility index (Phi) is 5.29. The minimum Gasteiger partial charge on any atom is -0.465 e. The van der Waals surface area contributed by atoms with Gasteiger partial charge in [-0.1, -0.05) is 6.92 Å². The van der Waals surface area contributed by atoms with Gasteiger partial charge in [0.1, 0.15) is 0 Å². The van der Waals surface area contributed by atoms with Gasteiger partial charge in [0.15, 0.2) is 5.69 Å². The number of ether oxygens (including phenoxy) is 1. The molecule has 10 heteroatoms. The lowest BCUT2D eigenvalue weighted by Crippen LogP contribution is -2.46. The Labute approximate surface area is 137 Å². The summed E-state index contributed by atoms with van der Waals surface area (Å²) in [5.41, 5.74) is -1.20. The van der Waals surface area contributed by atoms with Crippen LogP contribution in [0, 0.1) is 20.2 Å². The number of methoxy groups -OCH3 is 1. The van der Waals surface area contributed by atoms with Crippen LogP contribution < -0.4 is 4.90 Å². The van der Waals surface area contributed by atoms with E-state index in [2.05, 4.69) is 9.64 Å². The van der Waals surface area contributed by atoms with E-state index >= 15 is 0 Å². The molecule has 0 aliphatic carbocycles. The van der Waals surface area contributed by atoms with Gasteiger partial charge in [0, 0.05) is 38.3 Å². The molecule has 1 heterocycles. The average molecular weight is 338 g/mol. The highest BCUT2D eigenvalue weighted by Gasteiger charge is 2.33. The third-order valence-electron chi connectivity index (χ3n) is 4.02. The zero-order chi connectivity index (χ0) is 17.9. The zero-order valence-electron chi connectivity index (χ0n) is 13.4. The maximum atomic E-state index is 11.6. The largest absolute Gasteiger partial charge is 0.465 e. The van der Waals surface area contributed by atoms with Crippen molar-refractivity contribution in [1.29, 1.82) is 0 Å². The number of nitrogens with zero attached hydrogens (tertiary/aromatic N) is 4. The molecule has 1 saturated heterocycles. The summed E-state index contributed by atoms with van der Waals surface area (Å²) in [4.78, 5) is 36.8. The van der Waals surface area contributed by atoms with Crippen molar-refractivity contribution in [2.24, 2.45) is 0 Å². The molecule has 0 bridgehead atoms. The van der Waals surface area contributed by atoms with Gasteiger partial charge in [-0.15, -0.1) is 0 Å². The first-order valence-corrected chi connectivity index (χ1v) is 7.41. The fourth-order valence-corrected chi connectivity index (χ4v) is 2.73. The van der Waals surface area contributed by atoms with Crippen molar-refractivity contribution >= 4 is 23.0 Å². The Hall–Kier alpha value is -2.75. The highest BCUT2D eigenvalue weighted by molar-refractivity contribution is 5.94. The summed E-state index contributed by atoms with van der Waals surface area (Å²) in [6.07, 6.45) is 0. The number of esters is 1. The van der Waals surface area contributed by atoms with Gasteiger partial charge in [0.25, 0.3) is 0 Å². The number of hydrogen-bond acceptors (Lipinski definition) is 8. The van der Waals surface area contributed by atoms with E-state index in [1.807, 2.05) is 6.92 Å². The predicted molar refractivity (Wildman–Crippen MR) is 85.4 cm³/mol. The van der Waals surface area contributed by atoms with Crippen molar-refractivity contribution < 1.29 is 19.4 Å². The molecule has 1 aliphatic rings. The fourth-order valence-electron chi connectivity index (χ4n) is 2.73. The summed E-state index contributed by atoms with van der Waals surface area (Å²) >= 11 is 0. The molecule has 0 amide bonds. The number of nitro benzene ring substituents is 2. The van der Waals surface area contributed by atoms with Gasteiger partial charge in [0.05, 0.1) is 22.5 Å². The van der Waals surface area contributed by atoms with E-state index in [0.717, 1.165) is 25.8 Å². The summed E-state index contributed by atoms with van der Waals surface area (Å²) in [5, 5.41) is 22.8. The van der Waals surface area contributed by atoms with Crippen molar-refractivity contribution in [2.45, 2.75) is 6.92 Å². The number of nitro groups is 2. The molecule has 0 unspecified atom stereocenters. The molecular weight excluding hydrogens is 320 g/mol. The van der Waals surface area contributed by atoms with Crippen molar-refractivity contribution in [1.82, 2.24) is 4.90 Å². The molecule has 1 fully saturated rings. The molecular formula is C14H18N4O6. The number of likely N-dealkylation sites (N-methyl/N-ethyl adjacent to an activating group) is 1. The highest BCUT2D eigenvalue weighted by Crippen LogP contribution is 2.39. The van der Waals surface area contributed by atoms with Crippen LogP contribution in [0.4, 0.5) is 17.1 Å². The number of benzene rings is 1. The summed E-state index contributed by atoms with van der Waals surface area (Å²) in [6, 6.07) is 2.06. The highest BCUT2D eigenvalue weighted by atomic mass is 16.6. The summed E-state index contributed by atoms with van der Waals surface area (Å²) in [6.45, 7) is 5.04. The monoisotopic (exact) mass is 338 g/mol. The Morgan fingerprint density at radius 2 is 1.62 bits per heavy atom. The average Bonchev–Trinajstić information content (AvgIpc) is 2.59. The molecule has 0 atom stereocenters. The minimum atomic E-state index is -0.858. The Bertz CT molecular complexity index is 634. The molecule has 2 rings (SSSR count). The fraction of sp³-hybridized carbons (Fsp3) is 0.500. The Balaban J connectivity index is 2.54. The van der Waals surface area contributed by atoms with Crippen LogP contribution in [-0.4, -0.2) is 60.5 Å². The van der Waals surface area contributed by atoms with Crippen molar-refractivity contribution in [2.75, 3.05) is 44.7 Å². The smallest absolute Gasteiger partial charge is 0.338 e. The normalized spacial score (nSPS) is 15.2. The molecule has 1 aromatic rings. The predicted octanol–water partition coefficient (Wildman–Crippen LogP) is 1.43. The van der Waals surface area contributed by atoms with Crippen LogP contribution in [0.15, 0.2) is 12.1 Å². The zero-order valence-corrected chi connectivity index (χ0v) is 13.4. The van der Waals surface area contributed by atoms with Crippen molar-refractivity contribution in [3.63, 3.8) is 0 Å². The second-order valence-electron chi connectivity index (χ2n) is 5.29. The van der Waals surface area contributed by atoms with Crippen molar-refractivity contribution in [3.05, 3.63) is 37.9 Å². The van der Waals surface area contributed by atoms with Crippen molar-refractivity contribution in [3.8, 4) is 0 Å². The quantitative estimate of drug-likeness (QED) is 0.449. The molecule has 1 aliphatic heterocycles. The first kappa shape index (κ1) is 17.6. The Morgan fingerprint density at radius 3 is 2.00 bits per heavy atom. The van der Waals surface area contributed by atoms with E-state index in [0.29, 0.717) is 26.2 Å². The van der Waals surface area contributed by atoms with E-state index in [-0.39, 0.29) is 11.3 Å². The molecule has 10 nitrogen and oxygen atoms in total. The van der Waals surface area contributed by atoms with Gasteiger partial charge in [-0.25, -0.2) is 4.79 Å². The number of carbonyl (C=O) groups excluding carboxylic acids is 1. The number of hydrogen-bond donors (Lipinski definition) is 0. The van der Waals surface area contributed by atoms with Crippen LogP contribution in [0.3, 0.4) is 0 Å². The Morgan fingerprint density at radius 1 is 1.12 bits per heavy atom. The van der Waals surface area contributed by atoms with Gasteiger partial charge in [0.2, 0.25) is 0 Å². The molecule has 0 spiro atoms. The molecule has 0 N–H and O–H groups in total. The number of rotatable bonds is 5. The van der Waals surface area contributed by atoms with Crippen LogP contribution in [0.5, 0.6) is 0 Å². The van der Waals surface area contributed by atoms with Crippen LogP contribution in [-0.2, 0) is 4.74 Å². The maximum absolute atomic E-state index is 11.6. The van der Waals surface area contributed by atoms with E-state index in [4.69, 9.17) is 0 Å². The standard InChI is InChI=1S/C14H18N4O6/c1-3-15-4-6-16(7-5-15)13-11(17(20)21)8-10(14(19)24-2)9-12(13)18(22)23/h8-9H,3-7H2,1-2H3. The second-order valence-corrected chi connectivity index (χ2v) is 5.29. The molecule has 0 radical (unpaired) electrons. The van der Waals surface area contributed by atoms with Gasteiger partial charge < -0.3 is 14.5 Å². The molecule has 24 heavy (non-hydrogen) atoms. The number of anilines is 1. The molecule has 0 saturated carbocycles. The van der Waals surface area contributed by atoms with Crippen LogP contribution in [0.25, 0.3) is 0 Å². The number of carbonyl (C=O) groups is 1. The van der Waals surface area contributed by atoms with Crippen LogP contribution >= 0.6 is 0 Å². The van der Waals surface area contributed by atoms with Crippen LogP contribution in [0.2, 0.25) is 0 Å². The van der Waals surface area contributed by atoms with E-state index < -0.39 is 27.2 Å². The first-order chi connectivity index (χ1) is 11.4. The number of piperazine rings is 1. The lowest BCUT2D eigenvalue weighted by molar-refractivity contribution is -0.392. The molecule has 1 aromatic carbocycles. The summed E-state index contributed by atoms with van der Waals surface area (Å²) in [5.74, 6) is -0.858. The van der Waals surface area contributed by atoms with Gasteiger partial charge in [-0.3, -0.25) is 20.2 Å². The maximum Gasteiger partial charge on any atom is 0.338 e. The first-order valence-electron chi connectivity index (χ1n) is 7.41. The minimum absolute atomic E-state index is 0.0617. The van der Waals surface area contributed by atoms with Gasteiger partial charge >= 0.3 is 17.3 Å². The van der Waals surface area contributed by atoms with E-state index in [1.54, 1.807) is 4.90 Å². The SMILES string of the molecule is CCN1CCN(c2c([N+](=O)[O-])cc(C(=O)OC)cc2[N+](=O)[O-])CC1. The third-order valence-corrected chi connectivity index (χ3v) is 4.02. The topological polar surface area (TPSA) is 119 Å². The second kappa shape index (κ2) is 7.21. The lowest BCUT2D eigenvalue weighted by Gasteiger charge is -2.34. The summed E-state index contributed by atoms with van der Waals surface area (Å²) < 4.78 is 4.52. The lowest BCUT2D eigenvalue weighted by atomic mass is 10.1. The van der Waals surface area contributed by atoms with E-state index in [1.165, 1.54) is 0 Å². The van der Waals surface area contributed by atoms with E-state index in [9.17, 15) is 25.0 Å². The van der Waals surface area contributed by atoms with Gasteiger partial charge in [-0.05, 0) is 6.54 Å². The molecule has 130 valence electrons. The molecule has 0 aromatic heterocycles.